The number of carbonyl (C=O) groups is 2. The summed E-state index contributed by atoms with van der Waals surface area (Å²) in [6.45, 7) is 3.13. The first-order valence-corrected chi connectivity index (χ1v) is 8.56. The van der Waals surface area contributed by atoms with E-state index >= 15 is 0 Å². The van der Waals surface area contributed by atoms with Gasteiger partial charge in [0.1, 0.15) is 6.04 Å². The summed E-state index contributed by atoms with van der Waals surface area (Å²) in [5.41, 5.74) is 0.460. The standard InChI is InChI=1S/C16H19Cl2N3O2.ClH/c17-12-4-3-11(6-13(12)18)16(23)21-5-1-2-14(21)15(22)20-9-10-7-19-8-10;/h3-4,6,10,14,19H,1-2,5,7-9H2,(H,20,22);1H. The van der Waals surface area contributed by atoms with Crippen molar-refractivity contribution in [1.29, 1.82) is 0 Å². The van der Waals surface area contributed by atoms with Crippen LogP contribution in [0.4, 0.5) is 0 Å². The van der Waals surface area contributed by atoms with Crippen molar-refractivity contribution in [3.05, 3.63) is 33.8 Å². The van der Waals surface area contributed by atoms with Crippen LogP contribution in [0.1, 0.15) is 23.2 Å². The van der Waals surface area contributed by atoms with Crippen molar-refractivity contribution in [2.75, 3.05) is 26.2 Å². The zero-order valence-electron chi connectivity index (χ0n) is 13.1. The predicted molar refractivity (Wildman–Crippen MR) is 97.1 cm³/mol. The number of carbonyl (C=O) groups excluding carboxylic acids is 2. The Kier molecular flexibility index (Phi) is 6.75. The van der Waals surface area contributed by atoms with Crippen LogP contribution in [0.5, 0.6) is 0 Å². The highest BCUT2D eigenvalue weighted by atomic mass is 35.5. The summed E-state index contributed by atoms with van der Waals surface area (Å²) in [5.74, 6) is 0.258. The number of nitrogens with one attached hydrogen (secondary N) is 2. The summed E-state index contributed by atoms with van der Waals surface area (Å²) in [7, 11) is 0. The highest BCUT2D eigenvalue weighted by Crippen LogP contribution is 2.26. The summed E-state index contributed by atoms with van der Waals surface area (Å²) < 4.78 is 0. The number of nitrogens with zero attached hydrogens (tertiary/aromatic N) is 1. The third kappa shape index (κ3) is 4.14. The molecule has 132 valence electrons. The highest BCUT2D eigenvalue weighted by Gasteiger charge is 2.35. The molecule has 1 atom stereocenters. The first-order chi connectivity index (χ1) is 11.1. The second-order valence-corrected chi connectivity index (χ2v) is 6.87. The quantitative estimate of drug-likeness (QED) is 0.827. The summed E-state index contributed by atoms with van der Waals surface area (Å²) in [4.78, 5) is 26.7. The van der Waals surface area contributed by atoms with Gasteiger partial charge in [-0.05, 0) is 31.0 Å². The molecule has 1 unspecified atom stereocenters. The molecule has 2 amide bonds. The van der Waals surface area contributed by atoms with E-state index in [1.807, 2.05) is 0 Å². The molecular formula is C16H20Cl3N3O2. The van der Waals surface area contributed by atoms with Crippen LogP contribution in [0, 0.1) is 5.92 Å². The Bertz CT molecular complexity index is 623. The fourth-order valence-electron chi connectivity index (χ4n) is 2.93. The van der Waals surface area contributed by atoms with E-state index in [4.69, 9.17) is 23.2 Å². The van der Waals surface area contributed by atoms with Crippen molar-refractivity contribution < 1.29 is 9.59 Å². The average molecular weight is 393 g/mol. The molecule has 0 radical (unpaired) electrons. The third-order valence-electron chi connectivity index (χ3n) is 4.41. The van der Waals surface area contributed by atoms with Gasteiger partial charge >= 0.3 is 0 Å². The van der Waals surface area contributed by atoms with Crippen molar-refractivity contribution in [2.24, 2.45) is 5.92 Å². The lowest BCUT2D eigenvalue weighted by Crippen LogP contribution is -2.51. The Hall–Kier alpha value is -1.01. The maximum Gasteiger partial charge on any atom is 0.254 e. The van der Waals surface area contributed by atoms with Gasteiger partial charge in [0.05, 0.1) is 10.0 Å². The monoisotopic (exact) mass is 391 g/mol. The summed E-state index contributed by atoms with van der Waals surface area (Å²) in [5, 5.41) is 6.89. The fraction of sp³-hybridized carbons (Fsp3) is 0.500. The zero-order valence-corrected chi connectivity index (χ0v) is 15.4. The maximum absolute atomic E-state index is 12.7. The van der Waals surface area contributed by atoms with Gasteiger partial charge in [-0.25, -0.2) is 0 Å². The Balaban J connectivity index is 0.00000208. The van der Waals surface area contributed by atoms with E-state index in [-0.39, 0.29) is 24.2 Å². The molecule has 0 bridgehead atoms. The number of benzene rings is 1. The van der Waals surface area contributed by atoms with Crippen LogP contribution < -0.4 is 10.6 Å². The fourth-order valence-corrected chi connectivity index (χ4v) is 3.23. The van der Waals surface area contributed by atoms with Crippen molar-refractivity contribution in [3.63, 3.8) is 0 Å². The minimum atomic E-state index is -0.398. The number of rotatable bonds is 4. The van der Waals surface area contributed by atoms with Gasteiger partial charge in [-0.15, -0.1) is 12.4 Å². The lowest BCUT2D eigenvalue weighted by molar-refractivity contribution is -0.125. The Labute approximate surface area is 157 Å². The number of hydrogen-bond donors (Lipinski definition) is 2. The van der Waals surface area contributed by atoms with Gasteiger partial charge in [0.25, 0.3) is 5.91 Å². The summed E-state index contributed by atoms with van der Waals surface area (Å²) in [6.07, 6.45) is 1.53. The molecule has 24 heavy (non-hydrogen) atoms. The van der Waals surface area contributed by atoms with Gasteiger partial charge < -0.3 is 15.5 Å². The largest absolute Gasteiger partial charge is 0.354 e. The van der Waals surface area contributed by atoms with Crippen LogP contribution >= 0.6 is 35.6 Å². The van der Waals surface area contributed by atoms with Gasteiger partial charge in [-0.1, -0.05) is 23.2 Å². The highest BCUT2D eigenvalue weighted by molar-refractivity contribution is 6.42. The molecule has 3 rings (SSSR count). The Morgan fingerprint density at radius 1 is 1.25 bits per heavy atom. The van der Waals surface area contributed by atoms with E-state index in [1.165, 1.54) is 0 Å². The molecule has 1 aromatic carbocycles. The van der Waals surface area contributed by atoms with Crippen molar-refractivity contribution in [1.82, 2.24) is 15.5 Å². The molecule has 0 aromatic heterocycles. The summed E-state index contributed by atoms with van der Waals surface area (Å²) in [6, 6.07) is 4.40. The van der Waals surface area contributed by atoms with Crippen LogP contribution in [-0.2, 0) is 4.79 Å². The van der Waals surface area contributed by atoms with Crippen molar-refractivity contribution in [3.8, 4) is 0 Å². The molecule has 0 aliphatic carbocycles. The molecule has 2 aliphatic rings. The molecule has 2 heterocycles. The lowest BCUT2D eigenvalue weighted by atomic mass is 10.0. The molecule has 5 nitrogen and oxygen atoms in total. The minimum absolute atomic E-state index is 0. The van der Waals surface area contributed by atoms with E-state index in [0.29, 0.717) is 41.0 Å². The SMILES string of the molecule is Cl.O=C(NCC1CNC1)C1CCCN1C(=O)c1ccc(Cl)c(Cl)c1. The molecule has 0 spiro atoms. The average Bonchev–Trinajstić information content (AvgIpc) is 2.97. The number of hydrogen-bond acceptors (Lipinski definition) is 3. The van der Waals surface area contributed by atoms with E-state index < -0.39 is 6.04 Å². The number of halogens is 3. The van der Waals surface area contributed by atoms with Crippen LogP contribution in [0.3, 0.4) is 0 Å². The number of likely N-dealkylation sites (tertiary alicyclic amines) is 1. The lowest BCUT2D eigenvalue weighted by Gasteiger charge is -2.29. The Morgan fingerprint density at radius 2 is 2.00 bits per heavy atom. The second kappa shape index (κ2) is 8.39. The maximum atomic E-state index is 12.7. The van der Waals surface area contributed by atoms with Crippen molar-refractivity contribution >= 4 is 47.4 Å². The van der Waals surface area contributed by atoms with Crippen LogP contribution in [0.2, 0.25) is 10.0 Å². The Morgan fingerprint density at radius 3 is 2.62 bits per heavy atom. The first kappa shape index (κ1) is 19.3. The van der Waals surface area contributed by atoms with Gasteiger partial charge in [0.2, 0.25) is 5.91 Å². The van der Waals surface area contributed by atoms with Crippen LogP contribution in [0.15, 0.2) is 18.2 Å². The van der Waals surface area contributed by atoms with Gasteiger partial charge in [-0.2, -0.15) is 0 Å². The van der Waals surface area contributed by atoms with E-state index in [2.05, 4.69) is 10.6 Å². The topological polar surface area (TPSA) is 61.4 Å². The minimum Gasteiger partial charge on any atom is -0.354 e. The molecule has 2 aliphatic heterocycles. The van der Waals surface area contributed by atoms with Gasteiger partial charge in [0, 0.05) is 37.7 Å². The number of amides is 2. The van der Waals surface area contributed by atoms with E-state index in [9.17, 15) is 9.59 Å². The first-order valence-electron chi connectivity index (χ1n) is 7.80. The third-order valence-corrected chi connectivity index (χ3v) is 5.15. The smallest absolute Gasteiger partial charge is 0.254 e. The van der Waals surface area contributed by atoms with E-state index in [0.717, 1.165) is 19.5 Å². The van der Waals surface area contributed by atoms with Crippen LogP contribution in [-0.4, -0.2) is 48.9 Å². The molecular weight excluding hydrogens is 373 g/mol. The molecule has 2 saturated heterocycles. The summed E-state index contributed by atoms with van der Waals surface area (Å²) >= 11 is 11.9. The van der Waals surface area contributed by atoms with Gasteiger partial charge in [-0.3, -0.25) is 9.59 Å². The normalized spacial score (nSPS) is 20.2. The van der Waals surface area contributed by atoms with Crippen LogP contribution in [0.25, 0.3) is 0 Å². The van der Waals surface area contributed by atoms with E-state index in [1.54, 1.807) is 23.1 Å². The molecule has 2 fully saturated rings. The van der Waals surface area contributed by atoms with Crippen molar-refractivity contribution in [2.45, 2.75) is 18.9 Å². The zero-order chi connectivity index (χ0) is 16.4. The predicted octanol–water partition coefficient (Wildman–Crippen LogP) is 2.36. The molecule has 2 N–H and O–H groups in total. The second-order valence-electron chi connectivity index (χ2n) is 6.05. The molecule has 0 saturated carbocycles. The van der Waals surface area contributed by atoms with Gasteiger partial charge in [0.15, 0.2) is 0 Å². The molecule has 8 heteroatoms. The molecule has 1 aromatic rings.